The first-order valence-corrected chi connectivity index (χ1v) is 8.74. The molecule has 0 amide bonds. The zero-order valence-corrected chi connectivity index (χ0v) is 13.9. The molecule has 1 aliphatic carbocycles. The molecule has 0 heterocycles. The Morgan fingerprint density at radius 3 is 2.62 bits per heavy atom. The lowest BCUT2D eigenvalue weighted by molar-refractivity contribution is -0.0118. The van der Waals surface area contributed by atoms with E-state index in [9.17, 15) is 10.2 Å². The summed E-state index contributed by atoms with van der Waals surface area (Å²) in [5.41, 5.74) is -0.576. The molecule has 0 aromatic rings. The van der Waals surface area contributed by atoms with Gasteiger partial charge in [0.25, 0.3) is 0 Å². The Morgan fingerprint density at radius 2 is 1.95 bits per heavy atom. The Kier molecular flexibility index (Phi) is 9.49. The first kappa shape index (κ1) is 18.9. The van der Waals surface area contributed by atoms with Gasteiger partial charge in [-0.15, -0.1) is 0 Å². The van der Waals surface area contributed by atoms with Gasteiger partial charge in [0.1, 0.15) is 0 Å². The number of ether oxygens (including phenoxy) is 1. The van der Waals surface area contributed by atoms with E-state index >= 15 is 0 Å². The van der Waals surface area contributed by atoms with Crippen molar-refractivity contribution in [2.24, 2.45) is 5.92 Å². The Labute approximate surface area is 130 Å². The lowest BCUT2D eigenvalue weighted by Gasteiger charge is -2.35. The highest BCUT2D eigenvalue weighted by Crippen LogP contribution is 2.31. The summed E-state index contributed by atoms with van der Waals surface area (Å²) in [7, 11) is 0. The zero-order valence-electron chi connectivity index (χ0n) is 13.9. The number of hydrogen-bond donors (Lipinski definition) is 3. The van der Waals surface area contributed by atoms with E-state index in [1.807, 2.05) is 0 Å². The summed E-state index contributed by atoms with van der Waals surface area (Å²) in [6, 6.07) is 0. The van der Waals surface area contributed by atoms with Crippen LogP contribution in [0.2, 0.25) is 0 Å². The van der Waals surface area contributed by atoms with E-state index in [1.54, 1.807) is 0 Å². The van der Waals surface area contributed by atoms with Crippen molar-refractivity contribution in [3.63, 3.8) is 0 Å². The van der Waals surface area contributed by atoms with Gasteiger partial charge in [0.15, 0.2) is 0 Å². The Hall–Kier alpha value is -0.160. The number of aliphatic hydroxyl groups excluding tert-OH is 1. The molecule has 4 nitrogen and oxygen atoms in total. The van der Waals surface area contributed by atoms with Crippen LogP contribution < -0.4 is 5.32 Å². The molecule has 3 N–H and O–H groups in total. The molecule has 1 aliphatic rings. The molecule has 0 aromatic heterocycles. The van der Waals surface area contributed by atoms with Gasteiger partial charge in [0.2, 0.25) is 0 Å². The summed E-state index contributed by atoms with van der Waals surface area (Å²) in [5.74, 6) is 0.733. The molecule has 21 heavy (non-hydrogen) atoms. The minimum atomic E-state index is -0.576. The van der Waals surface area contributed by atoms with Gasteiger partial charge < -0.3 is 20.3 Å². The van der Waals surface area contributed by atoms with Gasteiger partial charge in [-0.3, -0.25) is 0 Å². The molecule has 0 aromatic carbocycles. The fraction of sp³-hybridized carbons (Fsp3) is 1.00. The van der Waals surface area contributed by atoms with Gasteiger partial charge in [0.05, 0.1) is 18.3 Å². The summed E-state index contributed by atoms with van der Waals surface area (Å²) >= 11 is 0. The molecule has 1 fully saturated rings. The van der Waals surface area contributed by atoms with Crippen molar-refractivity contribution in [2.45, 2.75) is 76.9 Å². The second-order valence-corrected chi connectivity index (χ2v) is 6.83. The molecule has 1 rings (SSSR count). The average molecular weight is 301 g/mol. The van der Waals surface area contributed by atoms with Crippen molar-refractivity contribution < 1.29 is 14.9 Å². The zero-order chi connectivity index (χ0) is 15.6. The first-order valence-electron chi connectivity index (χ1n) is 8.74. The molecule has 4 heteroatoms. The van der Waals surface area contributed by atoms with Crippen molar-refractivity contribution in [1.29, 1.82) is 0 Å². The second-order valence-electron chi connectivity index (χ2n) is 6.83. The third-order valence-electron chi connectivity index (χ3n) is 4.49. The molecule has 126 valence electrons. The molecule has 1 saturated carbocycles. The van der Waals surface area contributed by atoms with E-state index in [1.165, 1.54) is 19.3 Å². The van der Waals surface area contributed by atoms with Gasteiger partial charge in [-0.2, -0.15) is 0 Å². The minimum absolute atomic E-state index is 0.384. The number of rotatable bonds is 11. The SMILES string of the molecule is CCCCCCOCC(O)CNCC1(O)CCC(C)CC1. The summed E-state index contributed by atoms with van der Waals surface area (Å²) in [5, 5.41) is 23.5. The number of unbranched alkanes of at least 4 members (excludes halogenated alkanes) is 3. The van der Waals surface area contributed by atoms with Crippen LogP contribution in [0.25, 0.3) is 0 Å². The number of hydrogen-bond acceptors (Lipinski definition) is 4. The minimum Gasteiger partial charge on any atom is -0.389 e. The van der Waals surface area contributed by atoms with Gasteiger partial charge in [-0.05, 0) is 38.0 Å². The highest BCUT2D eigenvalue weighted by atomic mass is 16.5. The molecular formula is C17H35NO3. The van der Waals surface area contributed by atoms with Crippen LogP contribution in [0.1, 0.15) is 65.2 Å². The lowest BCUT2D eigenvalue weighted by Crippen LogP contribution is -2.45. The van der Waals surface area contributed by atoms with E-state index < -0.39 is 11.7 Å². The Balaban J connectivity index is 1.99. The third-order valence-corrected chi connectivity index (χ3v) is 4.49. The lowest BCUT2D eigenvalue weighted by atomic mass is 9.79. The van der Waals surface area contributed by atoms with Crippen molar-refractivity contribution in [3.8, 4) is 0 Å². The van der Waals surface area contributed by atoms with Crippen LogP contribution in [0.5, 0.6) is 0 Å². The third kappa shape index (κ3) is 8.77. The first-order chi connectivity index (χ1) is 10.1. The highest BCUT2D eigenvalue weighted by molar-refractivity contribution is 4.86. The maximum Gasteiger partial charge on any atom is 0.0897 e. The van der Waals surface area contributed by atoms with E-state index in [-0.39, 0.29) is 0 Å². The van der Waals surface area contributed by atoms with Crippen LogP contribution in [0, 0.1) is 5.92 Å². The van der Waals surface area contributed by atoms with Crippen molar-refractivity contribution in [2.75, 3.05) is 26.3 Å². The Bertz CT molecular complexity index is 252. The van der Waals surface area contributed by atoms with Gasteiger partial charge >= 0.3 is 0 Å². The van der Waals surface area contributed by atoms with E-state index in [4.69, 9.17) is 4.74 Å². The normalized spacial score (nSPS) is 27.7. The van der Waals surface area contributed by atoms with Crippen LogP contribution in [-0.2, 0) is 4.74 Å². The standard InChI is InChI=1S/C17H35NO3/c1-3-4-5-6-11-21-13-16(19)12-18-14-17(20)9-7-15(2)8-10-17/h15-16,18-20H,3-14H2,1-2H3. The molecule has 0 aliphatic heterocycles. The molecule has 1 unspecified atom stereocenters. The summed E-state index contributed by atoms with van der Waals surface area (Å²) in [6.45, 7) is 6.62. The predicted octanol–water partition coefficient (Wildman–Crippen LogP) is 2.47. The van der Waals surface area contributed by atoms with Crippen molar-refractivity contribution >= 4 is 0 Å². The van der Waals surface area contributed by atoms with Gasteiger partial charge in [-0.1, -0.05) is 33.1 Å². The number of aliphatic hydroxyl groups is 2. The van der Waals surface area contributed by atoms with E-state index in [2.05, 4.69) is 19.2 Å². The fourth-order valence-electron chi connectivity index (χ4n) is 2.86. The number of nitrogens with one attached hydrogen (secondary N) is 1. The predicted molar refractivity (Wildman–Crippen MR) is 86.4 cm³/mol. The largest absolute Gasteiger partial charge is 0.389 e. The van der Waals surface area contributed by atoms with Crippen molar-refractivity contribution in [1.82, 2.24) is 5.32 Å². The summed E-state index contributed by atoms with van der Waals surface area (Å²) in [4.78, 5) is 0. The van der Waals surface area contributed by atoms with Gasteiger partial charge in [-0.25, -0.2) is 0 Å². The highest BCUT2D eigenvalue weighted by Gasteiger charge is 2.31. The van der Waals surface area contributed by atoms with Crippen LogP contribution in [0.15, 0.2) is 0 Å². The van der Waals surface area contributed by atoms with E-state index in [0.29, 0.717) is 19.7 Å². The maximum absolute atomic E-state index is 10.4. The average Bonchev–Trinajstić information content (AvgIpc) is 2.46. The maximum atomic E-state index is 10.4. The topological polar surface area (TPSA) is 61.7 Å². The fourth-order valence-corrected chi connectivity index (χ4v) is 2.86. The summed E-state index contributed by atoms with van der Waals surface area (Å²) in [6.07, 6.45) is 8.21. The monoisotopic (exact) mass is 301 g/mol. The molecule has 0 saturated heterocycles. The van der Waals surface area contributed by atoms with Crippen LogP contribution in [-0.4, -0.2) is 48.2 Å². The molecular weight excluding hydrogens is 266 g/mol. The molecule has 1 atom stereocenters. The Morgan fingerprint density at radius 1 is 1.24 bits per heavy atom. The molecule has 0 spiro atoms. The van der Waals surface area contributed by atoms with Crippen LogP contribution >= 0.6 is 0 Å². The van der Waals surface area contributed by atoms with Crippen LogP contribution in [0.3, 0.4) is 0 Å². The molecule has 0 bridgehead atoms. The smallest absolute Gasteiger partial charge is 0.0897 e. The van der Waals surface area contributed by atoms with E-state index in [0.717, 1.165) is 44.6 Å². The van der Waals surface area contributed by atoms with Gasteiger partial charge in [0, 0.05) is 19.7 Å². The van der Waals surface area contributed by atoms with Crippen molar-refractivity contribution in [3.05, 3.63) is 0 Å². The quantitative estimate of drug-likeness (QED) is 0.513. The van der Waals surface area contributed by atoms with Crippen LogP contribution in [0.4, 0.5) is 0 Å². The summed E-state index contributed by atoms with van der Waals surface area (Å²) < 4.78 is 5.47. The molecule has 0 radical (unpaired) electrons. The second kappa shape index (κ2) is 10.5.